The van der Waals surface area contributed by atoms with Crippen molar-refractivity contribution in [1.29, 1.82) is 0 Å². The fourth-order valence-corrected chi connectivity index (χ4v) is 2.61. The summed E-state index contributed by atoms with van der Waals surface area (Å²) < 4.78 is 11.4. The van der Waals surface area contributed by atoms with Crippen molar-refractivity contribution in [2.45, 2.75) is 6.10 Å². The van der Waals surface area contributed by atoms with Gasteiger partial charge >= 0.3 is 0 Å². The first-order chi connectivity index (χ1) is 11.2. The smallest absolute Gasteiger partial charge is 0.254 e. The lowest BCUT2D eigenvalue weighted by Gasteiger charge is -2.33. The maximum absolute atomic E-state index is 12.5. The second-order valence-electron chi connectivity index (χ2n) is 5.37. The third-order valence-electron chi connectivity index (χ3n) is 3.70. The highest BCUT2D eigenvalue weighted by atomic mass is 35.5. The van der Waals surface area contributed by atoms with Gasteiger partial charge in [-0.2, -0.15) is 0 Å². The molecule has 1 amide bonds. The second kappa shape index (κ2) is 7.49. The first-order valence-corrected chi connectivity index (χ1v) is 7.94. The van der Waals surface area contributed by atoms with E-state index in [4.69, 9.17) is 21.1 Å². The van der Waals surface area contributed by atoms with Gasteiger partial charge in [-0.3, -0.25) is 4.79 Å². The van der Waals surface area contributed by atoms with Gasteiger partial charge in [0.1, 0.15) is 18.5 Å². The summed E-state index contributed by atoms with van der Waals surface area (Å²) in [6.07, 6.45) is -0.125. The lowest BCUT2D eigenvalue weighted by molar-refractivity contribution is -0.0401. The Balaban J connectivity index is 1.57. The van der Waals surface area contributed by atoms with Crippen molar-refractivity contribution in [2.75, 3.05) is 26.3 Å². The number of carbonyl (C=O) groups is 1. The number of carbonyl (C=O) groups excluding carboxylic acids is 1. The van der Waals surface area contributed by atoms with E-state index in [2.05, 4.69) is 0 Å². The predicted octanol–water partition coefficient (Wildman–Crippen LogP) is 3.26. The first-order valence-electron chi connectivity index (χ1n) is 7.56. The first kappa shape index (κ1) is 15.8. The Morgan fingerprint density at radius 1 is 1.17 bits per heavy atom. The molecule has 0 N–H and O–H groups in total. The number of benzene rings is 2. The third kappa shape index (κ3) is 4.24. The van der Waals surface area contributed by atoms with E-state index < -0.39 is 0 Å². The fraction of sp³-hybridized carbons (Fsp3) is 0.278. The van der Waals surface area contributed by atoms with Gasteiger partial charge in [-0.25, -0.2) is 0 Å². The number of nitrogens with zero attached hydrogens (tertiary/aromatic N) is 1. The van der Waals surface area contributed by atoms with Crippen LogP contribution in [-0.4, -0.2) is 43.2 Å². The molecule has 2 aromatic carbocycles. The molecule has 0 aliphatic carbocycles. The van der Waals surface area contributed by atoms with Crippen molar-refractivity contribution in [3.63, 3.8) is 0 Å². The molecule has 3 rings (SSSR count). The van der Waals surface area contributed by atoms with Crippen LogP contribution in [0.25, 0.3) is 0 Å². The minimum atomic E-state index is -0.125. The van der Waals surface area contributed by atoms with Gasteiger partial charge < -0.3 is 14.4 Å². The highest BCUT2D eigenvalue weighted by Gasteiger charge is 2.25. The van der Waals surface area contributed by atoms with E-state index >= 15 is 0 Å². The summed E-state index contributed by atoms with van der Waals surface area (Å²) in [5, 5.41) is 0.623. The summed E-state index contributed by atoms with van der Waals surface area (Å²) in [6.45, 7) is 2.05. The Bertz CT molecular complexity index is 645. The molecule has 1 atom stereocenters. The van der Waals surface area contributed by atoms with E-state index in [1.165, 1.54) is 0 Å². The van der Waals surface area contributed by atoms with Gasteiger partial charge in [0.2, 0.25) is 0 Å². The molecule has 1 saturated heterocycles. The summed E-state index contributed by atoms with van der Waals surface area (Å²) in [7, 11) is 0. The molecule has 4 nitrogen and oxygen atoms in total. The van der Waals surface area contributed by atoms with E-state index in [0.717, 1.165) is 5.75 Å². The van der Waals surface area contributed by atoms with Crippen LogP contribution in [0.5, 0.6) is 5.75 Å². The second-order valence-corrected chi connectivity index (χ2v) is 5.81. The molecule has 120 valence electrons. The third-order valence-corrected chi connectivity index (χ3v) is 3.95. The zero-order chi connectivity index (χ0) is 16.1. The minimum absolute atomic E-state index is 0.00493. The van der Waals surface area contributed by atoms with Gasteiger partial charge in [-0.05, 0) is 36.4 Å². The largest absolute Gasteiger partial charge is 0.491 e. The molecule has 1 heterocycles. The molecule has 2 aromatic rings. The quantitative estimate of drug-likeness (QED) is 0.863. The summed E-state index contributed by atoms with van der Waals surface area (Å²) >= 11 is 5.86. The molecular formula is C18H18ClNO3. The van der Waals surface area contributed by atoms with Crippen LogP contribution < -0.4 is 4.74 Å². The maximum atomic E-state index is 12.5. The number of hydrogen-bond donors (Lipinski definition) is 0. The Morgan fingerprint density at radius 2 is 1.91 bits per heavy atom. The van der Waals surface area contributed by atoms with Crippen LogP contribution in [0.2, 0.25) is 5.02 Å². The number of para-hydroxylation sites is 1. The van der Waals surface area contributed by atoms with E-state index in [-0.39, 0.29) is 12.0 Å². The normalized spacial score (nSPS) is 17.8. The van der Waals surface area contributed by atoms with Crippen LogP contribution in [0.4, 0.5) is 0 Å². The van der Waals surface area contributed by atoms with Crippen LogP contribution in [0, 0.1) is 0 Å². The van der Waals surface area contributed by atoms with Gasteiger partial charge in [0.15, 0.2) is 0 Å². The summed E-state index contributed by atoms with van der Waals surface area (Å²) in [4.78, 5) is 14.3. The fourth-order valence-electron chi connectivity index (χ4n) is 2.49. The van der Waals surface area contributed by atoms with Gasteiger partial charge in [0, 0.05) is 17.1 Å². The minimum Gasteiger partial charge on any atom is -0.491 e. The number of amides is 1. The number of halogens is 1. The highest BCUT2D eigenvalue weighted by Crippen LogP contribution is 2.15. The molecular weight excluding hydrogens is 314 g/mol. The zero-order valence-corrected chi connectivity index (χ0v) is 13.4. The molecule has 23 heavy (non-hydrogen) atoms. The SMILES string of the molecule is O=C(c1ccc(Cl)cc1)N1CCOC(COc2ccccc2)C1. The van der Waals surface area contributed by atoms with Crippen LogP contribution >= 0.6 is 11.6 Å². The van der Waals surface area contributed by atoms with Crippen LogP contribution in [0.1, 0.15) is 10.4 Å². The molecule has 5 heteroatoms. The van der Waals surface area contributed by atoms with Crippen molar-refractivity contribution < 1.29 is 14.3 Å². The van der Waals surface area contributed by atoms with Crippen LogP contribution in [0.3, 0.4) is 0 Å². The van der Waals surface area contributed by atoms with Crippen molar-refractivity contribution >= 4 is 17.5 Å². The standard InChI is InChI=1S/C18H18ClNO3/c19-15-8-6-14(7-9-15)18(21)20-10-11-22-17(12-20)13-23-16-4-2-1-3-5-16/h1-9,17H,10-13H2. The van der Waals surface area contributed by atoms with Gasteiger partial charge in [0.25, 0.3) is 5.91 Å². The molecule has 0 aromatic heterocycles. The van der Waals surface area contributed by atoms with Crippen LogP contribution in [-0.2, 0) is 4.74 Å². The maximum Gasteiger partial charge on any atom is 0.254 e. The Morgan fingerprint density at radius 3 is 2.65 bits per heavy atom. The van der Waals surface area contributed by atoms with Gasteiger partial charge in [-0.15, -0.1) is 0 Å². The highest BCUT2D eigenvalue weighted by molar-refractivity contribution is 6.30. The Kier molecular flexibility index (Phi) is 5.16. The zero-order valence-electron chi connectivity index (χ0n) is 12.7. The average Bonchev–Trinajstić information content (AvgIpc) is 2.61. The van der Waals surface area contributed by atoms with Crippen molar-refractivity contribution in [2.24, 2.45) is 0 Å². The summed E-state index contributed by atoms with van der Waals surface area (Å²) in [5.74, 6) is 0.798. The van der Waals surface area contributed by atoms with E-state index in [1.54, 1.807) is 29.2 Å². The van der Waals surface area contributed by atoms with E-state index in [0.29, 0.717) is 36.9 Å². The Labute approximate surface area is 140 Å². The van der Waals surface area contributed by atoms with Crippen LogP contribution in [0.15, 0.2) is 54.6 Å². The molecule has 1 aliphatic rings. The molecule has 0 radical (unpaired) electrons. The molecule has 0 bridgehead atoms. The molecule has 0 spiro atoms. The van der Waals surface area contributed by atoms with E-state index in [9.17, 15) is 4.79 Å². The van der Waals surface area contributed by atoms with Gasteiger partial charge in [-0.1, -0.05) is 29.8 Å². The van der Waals surface area contributed by atoms with Crippen molar-refractivity contribution in [3.05, 3.63) is 65.2 Å². The lowest BCUT2D eigenvalue weighted by atomic mass is 10.1. The molecule has 1 fully saturated rings. The predicted molar refractivity (Wildman–Crippen MR) is 89.0 cm³/mol. The monoisotopic (exact) mass is 331 g/mol. The van der Waals surface area contributed by atoms with Crippen molar-refractivity contribution in [3.8, 4) is 5.75 Å². The summed E-state index contributed by atoms with van der Waals surface area (Å²) in [6, 6.07) is 16.5. The number of morpholine rings is 1. The van der Waals surface area contributed by atoms with E-state index in [1.807, 2.05) is 30.3 Å². The lowest BCUT2D eigenvalue weighted by Crippen LogP contribution is -2.47. The number of hydrogen-bond acceptors (Lipinski definition) is 3. The number of rotatable bonds is 4. The molecule has 1 aliphatic heterocycles. The molecule has 0 saturated carbocycles. The van der Waals surface area contributed by atoms with Crippen molar-refractivity contribution in [1.82, 2.24) is 4.90 Å². The Hall–Kier alpha value is -2.04. The molecule has 1 unspecified atom stereocenters. The van der Waals surface area contributed by atoms with Gasteiger partial charge in [0.05, 0.1) is 13.2 Å². The topological polar surface area (TPSA) is 38.8 Å². The average molecular weight is 332 g/mol. The number of ether oxygens (including phenoxy) is 2. The summed E-state index contributed by atoms with van der Waals surface area (Å²) in [5.41, 5.74) is 0.638.